The number of carbonyl (C=O) groups is 2. The van der Waals surface area contributed by atoms with E-state index in [1.165, 1.54) is 20.2 Å². The lowest BCUT2D eigenvalue weighted by Gasteiger charge is -2.06. The summed E-state index contributed by atoms with van der Waals surface area (Å²) in [5.41, 5.74) is 2.20. The fourth-order valence-corrected chi connectivity index (χ4v) is 2.15. The molecule has 0 fully saturated rings. The van der Waals surface area contributed by atoms with Gasteiger partial charge in [0, 0.05) is 24.9 Å². The molecule has 3 rings (SSSR count). The Morgan fingerprint density at radius 2 is 1.87 bits per heavy atom. The van der Waals surface area contributed by atoms with Gasteiger partial charge in [-0.05, 0) is 18.2 Å². The zero-order valence-electron chi connectivity index (χ0n) is 12.5. The molecule has 2 aromatic heterocycles. The van der Waals surface area contributed by atoms with Crippen LogP contribution in [0, 0.1) is 0 Å². The van der Waals surface area contributed by atoms with Crippen molar-refractivity contribution in [3.05, 3.63) is 42.6 Å². The summed E-state index contributed by atoms with van der Waals surface area (Å²) in [5, 5.41) is 7.76. The van der Waals surface area contributed by atoms with Crippen molar-refractivity contribution in [2.45, 2.75) is 13.8 Å². The quantitative estimate of drug-likeness (QED) is 0.733. The standard InChI is InChI=1S/C15H13N5O3/c1-9(21)15-13-5-11(18-12-6-16-8-17-7-12)3-4-14(13)20(19-15)23-10(2)22/h3-8,18H,1-2H3. The zero-order valence-corrected chi connectivity index (χ0v) is 12.5. The molecule has 3 aromatic rings. The van der Waals surface area contributed by atoms with Gasteiger partial charge in [0.15, 0.2) is 5.78 Å². The number of hydrogen-bond donors (Lipinski definition) is 1. The number of benzene rings is 1. The highest BCUT2D eigenvalue weighted by molar-refractivity contribution is 6.05. The third-order valence-corrected chi connectivity index (χ3v) is 3.05. The Hall–Kier alpha value is -3.29. The highest BCUT2D eigenvalue weighted by Crippen LogP contribution is 2.24. The molecule has 1 N–H and O–H groups in total. The van der Waals surface area contributed by atoms with Gasteiger partial charge in [-0.25, -0.2) is 14.8 Å². The number of Topliss-reactive ketones (excluding diaryl/α,β-unsaturated/α-hetero) is 1. The second-order valence-electron chi connectivity index (χ2n) is 4.84. The summed E-state index contributed by atoms with van der Waals surface area (Å²) in [4.78, 5) is 36.8. The number of ketones is 1. The third-order valence-electron chi connectivity index (χ3n) is 3.05. The van der Waals surface area contributed by atoms with E-state index >= 15 is 0 Å². The first-order valence-electron chi connectivity index (χ1n) is 6.79. The largest absolute Gasteiger partial charge is 0.353 e. The van der Waals surface area contributed by atoms with Crippen molar-refractivity contribution < 1.29 is 14.4 Å². The van der Waals surface area contributed by atoms with Gasteiger partial charge in [0.05, 0.1) is 18.1 Å². The summed E-state index contributed by atoms with van der Waals surface area (Å²) >= 11 is 0. The Morgan fingerprint density at radius 3 is 2.52 bits per heavy atom. The SMILES string of the molecule is CC(=O)On1nc(C(C)=O)c2cc(Nc3cncnc3)ccc21. The van der Waals surface area contributed by atoms with Gasteiger partial charge < -0.3 is 10.2 Å². The van der Waals surface area contributed by atoms with E-state index < -0.39 is 5.97 Å². The molecule has 0 aliphatic heterocycles. The maximum Gasteiger partial charge on any atom is 0.331 e. The smallest absolute Gasteiger partial charge is 0.331 e. The zero-order chi connectivity index (χ0) is 16.4. The van der Waals surface area contributed by atoms with Crippen molar-refractivity contribution >= 4 is 34.0 Å². The number of fused-ring (bicyclic) bond motifs is 1. The van der Waals surface area contributed by atoms with Crippen molar-refractivity contribution in [3.63, 3.8) is 0 Å². The average molecular weight is 311 g/mol. The molecule has 23 heavy (non-hydrogen) atoms. The molecule has 0 saturated heterocycles. The fraction of sp³-hybridized carbons (Fsp3) is 0.133. The van der Waals surface area contributed by atoms with E-state index in [2.05, 4.69) is 20.4 Å². The van der Waals surface area contributed by atoms with Crippen LogP contribution in [0.3, 0.4) is 0 Å². The number of rotatable bonds is 4. The van der Waals surface area contributed by atoms with E-state index in [4.69, 9.17) is 4.84 Å². The maximum absolute atomic E-state index is 11.8. The number of nitrogens with zero attached hydrogens (tertiary/aromatic N) is 4. The van der Waals surface area contributed by atoms with Crippen molar-refractivity contribution in [3.8, 4) is 0 Å². The van der Waals surface area contributed by atoms with Crippen LogP contribution in [0.5, 0.6) is 0 Å². The van der Waals surface area contributed by atoms with E-state index in [1.807, 2.05) is 0 Å². The van der Waals surface area contributed by atoms with Gasteiger partial charge in [0.25, 0.3) is 0 Å². The maximum atomic E-state index is 11.8. The minimum atomic E-state index is -0.520. The second kappa shape index (κ2) is 5.84. The monoisotopic (exact) mass is 311 g/mol. The van der Waals surface area contributed by atoms with Gasteiger partial charge in [-0.15, -0.1) is 5.10 Å². The van der Waals surface area contributed by atoms with E-state index in [0.29, 0.717) is 16.6 Å². The number of hydrogen-bond acceptors (Lipinski definition) is 7. The molecule has 116 valence electrons. The van der Waals surface area contributed by atoms with Crippen LogP contribution in [0.1, 0.15) is 24.3 Å². The van der Waals surface area contributed by atoms with Gasteiger partial charge in [-0.3, -0.25) is 4.79 Å². The first-order valence-corrected chi connectivity index (χ1v) is 6.79. The Labute approximate surface area is 131 Å². The summed E-state index contributed by atoms with van der Waals surface area (Å²) in [6.45, 7) is 2.68. The van der Waals surface area contributed by atoms with Gasteiger partial charge in [-0.1, -0.05) is 4.85 Å². The molecule has 8 heteroatoms. The summed E-state index contributed by atoms with van der Waals surface area (Å²) < 4.78 is 0. The van der Waals surface area contributed by atoms with Gasteiger partial charge in [0.1, 0.15) is 17.5 Å². The molecule has 0 spiro atoms. The average Bonchev–Trinajstić information content (AvgIpc) is 2.86. The molecule has 0 amide bonds. The fourth-order valence-electron chi connectivity index (χ4n) is 2.15. The van der Waals surface area contributed by atoms with Crippen LogP contribution in [-0.2, 0) is 4.79 Å². The summed E-state index contributed by atoms with van der Waals surface area (Å²) in [7, 11) is 0. The Bertz CT molecular complexity index is 889. The highest BCUT2D eigenvalue weighted by atomic mass is 16.7. The molecule has 0 atom stereocenters. The predicted octanol–water partition coefficient (Wildman–Crippen LogP) is 1.75. The van der Waals surface area contributed by atoms with E-state index in [9.17, 15) is 9.59 Å². The minimum absolute atomic E-state index is 0.221. The number of nitrogens with one attached hydrogen (secondary N) is 1. The topological polar surface area (TPSA) is 99.0 Å². The third kappa shape index (κ3) is 3.00. The Kier molecular flexibility index (Phi) is 3.71. The van der Waals surface area contributed by atoms with E-state index in [0.717, 1.165) is 10.5 Å². The van der Waals surface area contributed by atoms with Gasteiger partial charge in [0.2, 0.25) is 0 Å². The Morgan fingerprint density at radius 1 is 1.13 bits per heavy atom. The van der Waals surface area contributed by atoms with E-state index in [-0.39, 0.29) is 11.5 Å². The number of anilines is 2. The molecule has 0 aliphatic carbocycles. The summed E-state index contributed by atoms with van der Waals surface area (Å²) in [5.74, 6) is -0.741. The highest BCUT2D eigenvalue weighted by Gasteiger charge is 2.16. The second-order valence-corrected chi connectivity index (χ2v) is 4.84. The molecule has 2 heterocycles. The van der Waals surface area contributed by atoms with Crippen LogP contribution in [0.15, 0.2) is 36.9 Å². The Balaban J connectivity index is 2.05. The van der Waals surface area contributed by atoms with Gasteiger partial charge in [-0.2, -0.15) is 0 Å². The lowest BCUT2D eigenvalue weighted by molar-refractivity contribution is -0.142. The summed E-state index contributed by atoms with van der Waals surface area (Å²) in [6, 6.07) is 5.25. The lowest BCUT2D eigenvalue weighted by atomic mass is 10.1. The molecule has 0 unspecified atom stereocenters. The number of aromatic nitrogens is 4. The molecule has 0 radical (unpaired) electrons. The van der Waals surface area contributed by atoms with E-state index in [1.54, 1.807) is 30.6 Å². The molecule has 0 bridgehead atoms. The first kappa shape index (κ1) is 14.6. The predicted molar refractivity (Wildman–Crippen MR) is 82.3 cm³/mol. The first-order chi connectivity index (χ1) is 11.0. The van der Waals surface area contributed by atoms with Crippen molar-refractivity contribution in [2.24, 2.45) is 0 Å². The minimum Gasteiger partial charge on any atom is -0.353 e. The number of carbonyl (C=O) groups excluding carboxylic acids is 2. The van der Waals surface area contributed by atoms with Crippen LogP contribution in [0.25, 0.3) is 10.9 Å². The van der Waals surface area contributed by atoms with Crippen LogP contribution in [0.2, 0.25) is 0 Å². The normalized spacial score (nSPS) is 10.5. The van der Waals surface area contributed by atoms with Gasteiger partial charge >= 0.3 is 5.97 Å². The lowest BCUT2D eigenvalue weighted by Crippen LogP contribution is -2.18. The van der Waals surface area contributed by atoms with Crippen LogP contribution >= 0.6 is 0 Å². The van der Waals surface area contributed by atoms with Crippen LogP contribution in [0.4, 0.5) is 11.4 Å². The van der Waals surface area contributed by atoms with Crippen LogP contribution in [-0.4, -0.2) is 31.7 Å². The molecule has 8 nitrogen and oxygen atoms in total. The molecule has 0 saturated carbocycles. The summed E-state index contributed by atoms with van der Waals surface area (Å²) in [6.07, 6.45) is 4.70. The molecular formula is C15H13N5O3. The van der Waals surface area contributed by atoms with Crippen LogP contribution < -0.4 is 10.2 Å². The van der Waals surface area contributed by atoms with Crippen molar-refractivity contribution in [1.82, 2.24) is 19.9 Å². The molecule has 1 aromatic carbocycles. The molecule has 0 aliphatic rings. The van der Waals surface area contributed by atoms with Crippen molar-refractivity contribution in [2.75, 3.05) is 5.32 Å². The molecular weight excluding hydrogens is 298 g/mol. The van der Waals surface area contributed by atoms with Crippen molar-refractivity contribution in [1.29, 1.82) is 0 Å².